The number of halogens is 4. The number of nitrogens with one attached hydrogen (secondary N) is 2. The highest BCUT2D eigenvalue weighted by Crippen LogP contribution is 2.44. The first-order valence-corrected chi connectivity index (χ1v) is 9.84. The Hall–Kier alpha value is -3.66. The van der Waals surface area contributed by atoms with Crippen LogP contribution in [0, 0.1) is 18.7 Å². The molecule has 172 valence electrons. The average molecular weight is 462 g/mol. The molecule has 3 atom stereocenters. The normalized spacial score (nSPS) is 23.0. The van der Waals surface area contributed by atoms with Crippen LogP contribution in [-0.2, 0) is 0 Å². The van der Waals surface area contributed by atoms with Crippen molar-refractivity contribution in [2.24, 2.45) is 5.92 Å². The topological polar surface area (TPSA) is 91.6 Å². The van der Waals surface area contributed by atoms with E-state index in [4.69, 9.17) is 4.42 Å². The SMILES string of the molecule is Cc1ccc(C(=O)[C@@H]2[C@@H](c3ccc(-c4ccc(F)cc4)o3)NC(=O)N[C@]2(O)C(F)(F)F)cc1. The van der Waals surface area contributed by atoms with Crippen LogP contribution in [0.15, 0.2) is 65.1 Å². The molecule has 4 rings (SSSR count). The van der Waals surface area contributed by atoms with Crippen LogP contribution < -0.4 is 10.6 Å². The van der Waals surface area contributed by atoms with Gasteiger partial charge in [-0.1, -0.05) is 29.8 Å². The van der Waals surface area contributed by atoms with Gasteiger partial charge in [0.1, 0.15) is 29.3 Å². The summed E-state index contributed by atoms with van der Waals surface area (Å²) in [6.07, 6.45) is -5.37. The zero-order valence-corrected chi connectivity index (χ0v) is 17.1. The van der Waals surface area contributed by atoms with Crippen LogP contribution in [-0.4, -0.2) is 28.8 Å². The van der Waals surface area contributed by atoms with E-state index in [1.807, 2.05) is 0 Å². The minimum Gasteiger partial charge on any atom is -0.459 e. The lowest BCUT2D eigenvalue weighted by Gasteiger charge is -2.44. The molecule has 0 aliphatic carbocycles. The molecule has 1 saturated heterocycles. The predicted octanol–water partition coefficient (Wildman–Crippen LogP) is 4.50. The maximum absolute atomic E-state index is 14.0. The number of aliphatic hydroxyl groups is 1. The molecule has 3 N–H and O–H groups in total. The van der Waals surface area contributed by atoms with Crippen LogP contribution >= 0.6 is 0 Å². The number of benzene rings is 2. The number of urea groups is 1. The molecule has 6 nitrogen and oxygen atoms in total. The second-order valence-electron chi connectivity index (χ2n) is 7.76. The molecule has 2 heterocycles. The lowest BCUT2D eigenvalue weighted by molar-refractivity contribution is -0.288. The number of Topliss-reactive ketones (excluding diaryl/α,β-unsaturated/α-hetero) is 1. The van der Waals surface area contributed by atoms with Crippen molar-refractivity contribution in [2.75, 3.05) is 0 Å². The molecule has 1 aliphatic rings. The van der Waals surface area contributed by atoms with Crippen LogP contribution in [0.4, 0.5) is 22.4 Å². The summed E-state index contributed by atoms with van der Waals surface area (Å²) < 4.78 is 60.8. The summed E-state index contributed by atoms with van der Waals surface area (Å²) in [4.78, 5) is 25.3. The predicted molar refractivity (Wildman–Crippen MR) is 109 cm³/mol. The van der Waals surface area contributed by atoms with E-state index in [1.165, 1.54) is 53.8 Å². The largest absolute Gasteiger partial charge is 0.459 e. The highest BCUT2D eigenvalue weighted by Gasteiger charge is 2.66. The van der Waals surface area contributed by atoms with Gasteiger partial charge in [0.25, 0.3) is 0 Å². The maximum atomic E-state index is 14.0. The molecular weight excluding hydrogens is 444 g/mol. The van der Waals surface area contributed by atoms with Crippen molar-refractivity contribution in [2.45, 2.75) is 24.9 Å². The molecule has 33 heavy (non-hydrogen) atoms. The third-order valence-electron chi connectivity index (χ3n) is 5.49. The molecule has 1 fully saturated rings. The Morgan fingerprint density at radius 3 is 2.27 bits per heavy atom. The lowest BCUT2D eigenvalue weighted by Crippen LogP contribution is -2.72. The van der Waals surface area contributed by atoms with Crippen LogP contribution in [0.3, 0.4) is 0 Å². The first kappa shape index (κ1) is 22.5. The summed E-state index contributed by atoms with van der Waals surface area (Å²) >= 11 is 0. The molecule has 0 spiro atoms. The third kappa shape index (κ3) is 4.09. The van der Waals surface area contributed by atoms with Crippen molar-refractivity contribution in [1.82, 2.24) is 10.6 Å². The van der Waals surface area contributed by atoms with Gasteiger partial charge in [-0.2, -0.15) is 13.2 Å². The Labute approximate surface area is 185 Å². The second-order valence-corrected chi connectivity index (χ2v) is 7.76. The number of ketones is 1. The molecule has 0 radical (unpaired) electrons. The monoisotopic (exact) mass is 462 g/mol. The van der Waals surface area contributed by atoms with E-state index in [9.17, 15) is 32.3 Å². The van der Waals surface area contributed by atoms with Gasteiger partial charge < -0.3 is 20.2 Å². The van der Waals surface area contributed by atoms with E-state index < -0.39 is 41.5 Å². The highest BCUT2D eigenvalue weighted by molar-refractivity contribution is 6.00. The fourth-order valence-electron chi connectivity index (χ4n) is 3.76. The van der Waals surface area contributed by atoms with Crippen molar-refractivity contribution in [1.29, 1.82) is 0 Å². The number of alkyl halides is 3. The van der Waals surface area contributed by atoms with Gasteiger partial charge in [-0.3, -0.25) is 4.79 Å². The van der Waals surface area contributed by atoms with Crippen molar-refractivity contribution in [3.63, 3.8) is 0 Å². The van der Waals surface area contributed by atoms with Crippen LogP contribution in [0.25, 0.3) is 11.3 Å². The number of furan rings is 1. The first-order chi connectivity index (χ1) is 15.5. The van der Waals surface area contributed by atoms with Gasteiger partial charge in [-0.25, -0.2) is 9.18 Å². The Morgan fingerprint density at radius 2 is 1.67 bits per heavy atom. The Kier molecular flexibility index (Phi) is 5.49. The fourth-order valence-corrected chi connectivity index (χ4v) is 3.76. The second kappa shape index (κ2) is 8.04. The molecule has 0 bridgehead atoms. The van der Waals surface area contributed by atoms with Crippen molar-refractivity contribution < 1.29 is 36.7 Å². The summed E-state index contributed by atoms with van der Waals surface area (Å²) in [7, 11) is 0. The molecule has 2 aromatic carbocycles. The van der Waals surface area contributed by atoms with E-state index in [0.29, 0.717) is 5.56 Å². The zero-order valence-electron chi connectivity index (χ0n) is 17.1. The molecule has 10 heteroatoms. The van der Waals surface area contributed by atoms with Crippen LogP contribution in [0.2, 0.25) is 0 Å². The van der Waals surface area contributed by atoms with Gasteiger partial charge in [0.05, 0.1) is 0 Å². The first-order valence-electron chi connectivity index (χ1n) is 9.84. The molecular formula is C23H18F4N2O4. The number of rotatable bonds is 4. The minimum atomic E-state index is -5.37. The van der Waals surface area contributed by atoms with Gasteiger partial charge in [0.2, 0.25) is 5.72 Å². The highest BCUT2D eigenvalue weighted by atomic mass is 19.4. The molecule has 1 aliphatic heterocycles. The summed E-state index contributed by atoms with van der Waals surface area (Å²) in [6, 6.07) is 10.7. The number of amides is 2. The van der Waals surface area contributed by atoms with E-state index in [2.05, 4.69) is 5.32 Å². The number of hydrogen-bond acceptors (Lipinski definition) is 4. The fraction of sp³-hybridized carbons (Fsp3) is 0.217. The van der Waals surface area contributed by atoms with Gasteiger partial charge in [0.15, 0.2) is 5.78 Å². The quantitative estimate of drug-likeness (QED) is 0.393. The molecule has 2 amide bonds. The Balaban J connectivity index is 1.80. The van der Waals surface area contributed by atoms with E-state index in [-0.39, 0.29) is 17.1 Å². The number of aryl methyl sites for hydroxylation is 1. The van der Waals surface area contributed by atoms with Gasteiger partial charge in [-0.05, 0) is 43.3 Å². The summed E-state index contributed by atoms with van der Waals surface area (Å²) in [5.41, 5.74) is -2.73. The third-order valence-corrected chi connectivity index (χ3v) is 5.49. The number of carbonyl (C=O) groups excluding carboxylic acids is 2. The molecule has 0 saturated carbocycles. The summed E-state index contributed by atoms with van der Waals surface area (Å²) in [6.45, 7) is 1.74. The van der Waals surface area contributed by atoms with E-state index >= 15 is 0 Å². The van der Waals surface area contributed by atoms with Crippen molar-refractivity contribution in [3.8, 4) is 11.3 Å². The zero-order chi connectivity index (χ0) is 24.0. The maximum Gasteiger partial charge on any atom is 0.437 e. The molecule has 1 aromatic heterocycles. The molecule has 0 unspecified atom stereocenters. The standard InChI is InChI=1S/C23H18F4N2O4/c1-12-2-4-14(5-3-12)20(30)18-19(28-21(31)29-22(18,32)23(25,26)27)17-11-10-16(33-17)13-6-8-15(24)9-7-13/h2-11,18-19,32H,1H3,(H2,28,29,31)/t18-,19+,22+/m0/s1. The van der Waals surface area contributed by atoms with E-state index in [1.54, 1.807) is 19.1 Å². The van der Waals surface area contributed by atoms with E-state index in [0.717, 1.165) is 5.56 Å². The smallest absolute Gasteiger partial charge is 0.437 e. The Bertz CT molecular complexity index is 1190. The minimum absolute atomic E-state index is 0.0819. The van der Waals surface area contributed by atoms with Crippen LogP contribution in [0.5, 0.6) is 0 Å². The van der Waals surface area contributed by atoms with Gasteiger partial charge >= 0.3 is 12.2 Å². The van der Waals surface area contributed by atoms with Crippen LogP contribution in [0.1, 0.15) is 27.7 Å². The lowest BCUT2D eigenvalue weighted by atomic mass is 9.79. The van der Waals surface area contributed by atoms with Gasteiger partial charge in [-0.15, -0.1) is 0 Å². The summed E-state index contributed by atoms with van der Waals surface area (Å²) in [5.74, 6) is -3.75. The van der Waals surface area contributed by atoms with Crippen molar-refractivity contribution in [3.05, 3.63) is 83.4 Å². The van der Waals surface area contributed by atoms with Gasteiger partial charge in [0, 0.05) is 11.1 Å². The average Bonchev–Trinajstić information content (AvgIpc) is 3.23. The summed E-state index contributed by atoms with van der Waals surface area (Å²) in [5, 5.41) is 14.3. The molecule has 3 aromatic rings. The number of hydrogen-bond donors (Lipinski definition) is 3. The Morgan fingerprint density at radius 1 is 1.03 bits per heavy atom. The van der Waals surface area contributed by atoms with Crippen molar-refractivity contribution >= 4 is 11.8 Å². The number of carbonyl (C=O) groups is 2.